The first-order chi connectivity index (χ1) is 15.5. The van der Waals surface area contributed by atoms with Crippen molar-refractivity contribution >= 4 is 11.9 Å². The highest BCUT2D eigenvalue weighted by atomic mass is 16.5. The van der Waals surface area contributed by atoms with Gasteiger partial charge in [0.1, 0.15) is 5.75 Å². The fourth-order valence-corrected chi connectivity index (χ4v) is 3.48. The van der Waals surface area contributed by atoms with Gasteiger partial charge in [-0.3, -0.25) is 9.79 Å². The number of benzene rings is 2. The van der Waals surface area contributed by atoms with Gasteiger partial charge in [0, 0.05) is 44.4 Å². The minimum atomic E-state index is 0.0739. The molecule has 1 aliphatic carbocycles. The molecule has 6 heteroatoms. The Morgan fingerprint density at radius 2 is 1.75 bits per heavy atom. The van der Waals surface area contributed by atoms with Crippen LogP contribution in [0, 0.1) is 12.8 Å². The van der Waals surface area contributed by atoms with Crippen molar-refractivity contribution in [1.29, 1.82) is 0 Å². The molecule has 6 nitrogen and oxygen atoms in total. The summed E-state index contributed by atoms with van der Waals surface area (Å²) in [4.78, 5) is 18.6. The van der Waals surface area contributed by atoms with Gasteiger partial charge in [0.15, 0.2) is 5.96 Å². The van der Waals surface area contributed by atoms with E-state index in [1.54, 1.807) is 7.05 Å². The predicted octanol–water partition coefficient (Wildman–Crippen LogP) is 4.13. The monoisotopic (exact) mass is 436 g/mol. The zero-order chi connectivity index (χ0) is 22.9. The third-order valence-electron chi connectivity index (χ3n) is 5.78. The molecule has 0 heterocycles. The zero-order valence-electron chi connectivity index (χ0n) is 19.8. The maximum Gasteiger partial charge on any atom is 0.253 e. The van der Waals surface area contributed by atoms with E-state index in [0.717, 1.165) is 54.0 Å². The number of ether oxygens (including phenoxy) is 1. The molecule has 0 bridgehead atoms. The molecule has 32 heavy (non-hydrogen) atoms. The molecular formula is C26H36N4O2. The van der Waals surface area contributed by atoms with E-state index >= 15 is 0 Å². The smallest absolute Gasteiger partial charge is 0.253 e. The third-order valence-corrected chi connectivity index (χ3v) is 5.78. The number of nitrogens with one attached hydrogen (secondary N) is 2. The van der Waals surface area contributed by atoms with E-state index in [1.165, 1.54) is 18.4 Å². The Kier molecular flexibility index (Phi) is 8.54. The summed E-state index contributed by atoms with van der Waals surface area (Å²) >= 11 is 0. The second-order valence-corrected chi connectivity index (χ2v) is 8.32. The summed E-state index contributed by atoms with van der Waals surface area (Å²) in [6, 6.07) is 14.1. The van der Waals surface area contributed by atoms with Crippen molar-refractivity contribution in [3.8, 4) is 5.75 Å². The van der Waals surface area contributed by atoms with Gasteiger partial charge in [0.2, 0.25) is 0 Å². The van der Waals surface area contributed by atoms with E-state index in [2.05, 4.69) is 40.7 Å². The fourth-order valence-electron chi connectivity index (χ4n) is 3.48. The van der Waals surface area contributed by atoms with Crippen LogP contribution in [-0.4, -0.2) is 43.5 Å². The van der Waals surface area contributed by atoms with Crippen LogP contribution in [0.1, 0.15) is 53.7 Å². The van der Waals surface area contributed by atoms with E-state index in [0.29, 0.717) is 13.1 Å². The van der Waals surface area contributed by atoms with Crippen molar-refractivity contribution in [2.75, 3.05) is 26.7 Å². The Morgan fingerprint density at radius 1 is 1.06 bits per heavy atom. The van der Waals surface area contributed by atoms with Gasteiger partial charge in [-0.25, -0.2) is 0 Å². The summed E-state index contributed by atoms with van der Waals surface area (Å²) < 4.78 is 6.07. The minimum Gasteiger partial charge on any atom is -0.493 e. The quantitative estimate of drug-likeness (QED) is 0.434. The lowest BCUT2D eigenvalue weighted by Crippen LogP contribution is -2.36. The molecule has 0 unspecified atom stereocenters. The van der Waals surface area contributed by atoms with Crippen LogP contribution in [0.5, 0.6) is 5.75 Å². The predicted molar refractivity (Wildman–Crippen MR) is 130 cm³/mol. The molecule has 2 N–H and O–H groups in total. The zero-order valence-corrected chi connectivity index (χ0v) is 19.8. The first-order valence-electron chi connectivity index (χ1n) is 11.6. The van der Waals surface area contributed by atoms with Crippen LogP contribution in [0.15, 0.2) is 47.5 Å². The number of hydrogen-bond donors (Lipinski definition) is 2. The highest BCUT2D eigenvalue weighted by Gasteiger charge is 2.22. The van der Waals surface area contributed by atoms with Gasteiger partial charge in [-0.15, -0.1) is 0 Å². The van der Waals surface area contributed by atoms with Gasteiger partial charge in [-0.1, -0.05) is 24.3 Å². The van der Waals surface area contributed by atoms with Gasteiger partial charge in [0.05, 0.1) is 6.61 Å². The fraction of sp³-hybridized carbons (Fsp3) is 0.462. The van der Waals surface area contributed by atoms with Crippen molar-refractivity contribution in [3.63, 3.8) is 0 Å². The van der Waals surface area contributed by atoms with E-state index in [9.17, 15) is 4.79 Å². The van der Waals surface area contributed by atoms with Gasteiger partial charge in [0.25, 0.3) is 5.91 Å². The number of rotatable bonds is 10. The van der Waals surface area contributed by atoms with Crippen LogP contribution in [0.3, 0.4) is 0 Å². The second-order valence-electron chi connectivity index (χ2n) is 8.32. The van der Waals surface area contributed by atoms with Crippen molar-refractivity contribution in [3.05, 3.63) is 64.7 Å². The maximum absolute atomic E-state index is 12.5. The molecule has 2 aromatic carbocycles. The summed E-state index contributed by atoms with van der Waals surface area (Å²) in [5.41, 5.74) is 4.13. The average molecular weight is 437 g/mol. The summed E-state index contributed by atoms with van der Waals surface area (Å²) in [6.07, 6.45) is 2.56. The first kappa shape index (κ1) is 23.6. The summed E-state index contributed by atoms with van der Waals surface area (Å²) in [5, 5.41) is 6.72. The molecule has 0 spiro atoms. The number of guanidine groups is 1. The van der Waals surface area contributed by atoms with Gasteiger partial charge in [-0.2, -0.15) is 0 Å². The molecule has 172 valence electrons. The van der Waals surface area contributed by atoms with Crippen molar-refractivity contribution in [2.45, 2.75) is 46.7 Å². The van der Waals surface area contributed by atoms with E-state index in [1.807, 2.05) is 43.0 Å². The van der Waals surface area contributed by atoms with E-state index in [-0.39, 0.29) is 5.91 Å². The molecule has 1 saturated carbocycles. The number of amides is 1. The summed E-state index contributed by atoms with van der Waals surface area (Å²) in [6.45, 7) is 9.58. The molecule has 0 atom stereocenters. The summed E-state index contributed by atoms with van der Waals surface area (Å²) in [5.74, 6) is 2.47. The molecule has 1 amide bonds. The molecule has 0 saturated heterocycles. The first-order valence-corrected chi connectivity index (χ1v) is 11.6. The number of nitrogens with zero attached hydrogens (tertiary/aromatic N) is 2. The third kappa shape index (κ3) is 6.74. The van der Waals surface area contributed by atoms with Crippen LogP contribution in [-0.2, 0) is 13.1 Å². The van der Waals surface area contributed by atoms with Crippen molar-refractivity contribution in [1.82, 2.24) is 15.5 Å². The normalized spacial score (nSPS) is 13.6. The molecule has 0 aromatic heterocycles. The summed E-state index contributed by atoms with van der Waals surface area (Å²) in [7, 11) is 1.76. The average Bonchev–Trinajstić information content (AvgIpc) is 3.64. The molecule has 1 fully saturated rings. The standard InChI is InChI=1S/C26H36N4O2/c1-5-30(6-2)25(31)22-13-10-20(11-14-22)16-28-26(27-4)29-17-23-12-7-19(3)15-24(23)32-18-21-8-9-21/h7,10-15,21H,5-6,8-9,16-18H2,1-4H3,(H2,27,28,29). The van der Waals surface area contributed by atoms with Crippen molar-refractivity contribution in [2.24, 2.45) is 10.9 Å². The Bertz CT molecular complexity index is 916. The second kappa shape index (κ2) is 11.6. The lowest BCUT2D eigenvalue weighted by Gasteiger charge is -2.18. The number of carbonyl (C=O) groups is 1. The SMILES string of the molecule is CCN(CC)C(=O)c1ccc(CNC(=NC)NCc2ccc(C)cc2OCC2CC2)cc1. The van der Waals surface area contributed by atoms with Gasteiger partial charge in [-0.05, 0) is 68.9 Å². The van der Waals surface area contributed by atoms with Gasteiger partial charge < -0.3 is 20.3 Å². The van der Waals surface area contributed by atoms with E-state index < -0.39 is 0 Å². The Morgan fingerprint density at radius 3 is 2.38 bits per heavy atom. The van der Waals surface area contributed by atoms with Crippen LogP contribution in [0.25, 0.3) is 0 Å². The van der Waals surface area contributed by atoms with Gasteiger partial charge >= 0.3 is 0 Å². The molecule has 0 aliphatic heterocycles. The van der Waals surface area contributed by atoms with Crippen LogP contribution in [0.4, 0.5) is 0 Å². The van der Waals surface area contributed by atoms with Crippen LogP contribution < -0.4 is 15.4 Å². The highest BCUT2D eigenvalue weighted by molar-refractivity contribution is 5.94. The Labute approximate surface area is 192 Å². The lowest BCUT2D eigenvalue weighted by molar-refractivity contribution is 0.0773. The maximum atomic E-state index is 12.5. The number of aryl methyl sites for hydroxylation is 1. The lowest BCUT2D eigenvalue weighted by atomic mass is 10.1. The molecular weight excluding hydrogens is 400 g/mol. The molecule has 3 rings (SSSR count). The van der Waals surface area contributed by atoms with Crippen molar-refractivity contribution < 1.29 is 9.53 Å². The Balaban J connectivity index is 1.52. The van der Waals surface area contributed by atoms with Crippen LogP contribution >= 0.6 is 0 Å². The molecule has 0 radical (unpaired) electrons. The Hall–Kier alpha value is -3.02. The highest BCUT2D eigenvalue weighted by Crippen LogP contribution is 2.30. The van der Waals surface area contributed by atoms with Crippen LogP contribution in [0.2, 0.25) is 0 Å². The topological polar surface area (TPSA) is 66.0 Å². The van der Waals surface area contributed by atoms with E-state index in [4.69, 9.17) is 4.74 Å². The number of hydrogen-bond acceptors (Lipinski definition) is 3. The molecule has 2 aromatic rings. The number of carbonyl (C=O) groups excluding carboxylic acids is 1. The number of aliphatic imine (C=N–C) groups is 1. The largest absolute Gasteiger partial charge is 0.493 e. The molecule has 1 aliphatic rings. The minimum absolute atomic E-state index is 0.0739.